The molecule has 0 radical (unpaired) electrons. The molecule has 4 aromatic carbocycles. The van der Waals surface area contributed by atoms with Crippen LogP contribution in [0.25, 0.3) is 28.6 Å². The lowest BCUT2D eigenvalue weighted by atomic mass is 10.1. The highest BCUT2D eigenvalue weighted by molar-refractivity contribution is 6.39. The standard InChI is InChI=1S/C44H36Cl2FN5O5/c1-5-26-11-14-30(48-25-26)19-20-57-31-15-12-28(13-16-31)34-24-35(39-32(45)17-18-33(47)40(39)46)51-44(50-34)52-42(29-9-7-6-8-10-29)49-36(43(52)53)21-27-22-37(54-2)41(56-4)38(23-27)55-3/h6-18,21-25H,5,19-20H2,1-4H3/b36-21-. The summed E-state index contributed by atoms with van der Waals surface area (Å²) < 4.78 is 37.5. The van der Waals surface area contributed by atoms with Crippen molar-refractivity contribution in [1.29, 1.82) is 0 Å². The van der Waals surface area contributed by atoms with E-state index < -0.39 is 11.7 Å². The Morgan fingerprint density at radius 3 is 2.18 bits per heavy atom. The lowest BCUT2D eigenvalue weighted by Gasteiger charge is -2.19. The van der Waals surface area contributed by atoms with Gasteiger partial charge in [-0.05, 0) is 84.3 Å². The Bertz CT molecular complexity index is 2470. The van der Waals surface area contributed by atoms with Crippen molar-refractivity contribution in [2.24, 2.45) is 4.99 Å². The summed E-state index contributed by atoms with van der Waals surface area (Å²) in [5.74, 6) is 0.861. The van der Waals surface area contributed by atoms with E-state index in [0.29, 0.717) is 58.4 Å². The van der Waals surface area contributed by atoms with Crippen LogP contribution in [-0.4, -0.2) is 54.6 Å². The van der Waals surface area contributed by atoms with Gasteiger partial charge in [-0.25, -0.2) is 24.3 Å². The second kappa shape index (κ2) is 17.2. The molecule has 1 aliphatic rings. The summed E-state index contributed by atoms with van der Waals surface area (Å²) in [4.78, 5) is 34.8. The number of hydrogen-bond donors (Lipinski definition) is 0. The van der Waals surface area contributed by atoms with Crippen molar-refractivity contribution in [1.82, 2.24) is 15.0 Å². The molecule has 2 aromatic heterocycles. The fourth-order valence-corrected chi connectivity index (χ4v) is 6.77. The summed E-state index contributed by atoms with van der Waals surface area (Å²) in [6.07, 6.45) is 5.06. The maximum absolute atomic E-state index is 14.9. The molecule has 3 heterocycles. The zero-order chi connectivity index (χ0) is 40.1. The smallest absolute Gasteiger partial charge is 0.285 e. The van der Waals surface area contributed by atoms with E-state index in [4.69, 9.17) is 57.1 Å². The second-order valence-corrected chi connectivity index (χ2v) is 13.5. The molecule has 0 aliphatic carbocycles. The topological polar surface area (TPSA) is 108 Å². The van der Waals surface area contributed by atoms with E-state index in [1.54, 1.807) is 24.3 Å². The Labute approximate surface area is 339 Å². The predicted molar refractivity (Wildman–Crippen MR) is 220 cm³/mol. The fraction of sp³-hybridized carbons (Fsp3) is 0.159. The number of halogens is 3. The molecule has 10 nitrogen and oxygen atoms in total. The molecule has 1 amide bonds. The molecule has 0 saturated carbocycles. The molecular formula is C44H36Cl2FN5O5. The van der Waals surface area contributed by atoms with Gasteiger partial charge >= 0.3 is 0 Å². The molecule has 288 valence electrons. The minimum atomic E-state index is -0.685. The number of aromatic nitrogens is 3. The maximum atomic E-state index is 14.9. The van der Waals surface area contributed by atoms with Crippen LogP contribution in [0, 0.1) is 5.82 Å². The molecular weight excluding hydrogens is 768 g/mol. The third-order valence-corrected chi connectivity index (χ3v) is 9.85. The third-order valence-electron chi connectivity index (χ3n) is 9.17. The number of aryl methyl sites for hydroxylation is 1. The summed E-state index contributed by atoms with van der Waals surface area (Å²) in [5.41, 5.74) is 4.77. The number of ether oxygens (including phenoxy) is 4. The van der Waals surface area contributed by atoms with Crippen LogP contribution in [-0.2, 0) is 17.6 Å². The van der Waals surface area contributed by atoms with Crippen LogP contribution in [0.5, 0.6) is 23.0 Å². The van der Waals surface area contributed by atoms with Crippen LogP contribution in [0.2, 0.25) is 10.0 Å². The van der Waals surface area contributed by atoms with E-state index in [1.807, 2.05) is 66.9 Å². The van der Waals surface area contributed by atoms with Crippen molar-refractivity contribution in [2.75, 3.05) is 32.8 Å². The van der Waals surface area contributed by atoms with Crippen molar-refractivity contribution in [3.63, 3.8) is 0 Å². The van der Waals surface area contributed by atoms with E-state index in [9.17, 15) is 9.18 Å². The Morgan fingerprint density at radius 1 is 0.807 bits per heavy atom. The number of benzene rings is 4. The number of anilines is 1. The van der Waals surface area contributed by atoms with Gasteiger partial charge in [0.1, 0.15) is 17.3 Å². The molecule has 0 bridgehead atoms. The van der Waals surface area contributed by atoms with Gasteiger partial charge in [0.15, 0.2) is 17.3 Å². The molecule has 0 unspecified atom stereocenters. The largest absolute Gasteiger partial charge is 0.493 e. The lowest BCUT2D eigenvalue weighted by molar-refractivity contribution is -0.113. The molecule has 0 fully saturated rings. The van der Waals surface area contributed by atoms with Crippen molar-refractivity contribution in [2.45, 2.75) is 19.8 Å². The number of rotatable bonds is 13. The molecule has 7 rings (SSSR count). The van der Waals surface area contributed by atoms with Crippen LogP contribution < -0.4 is 23.8 Å². The van der Waals surface area contributed by atoms with Gasteiger partial charge in [0.05, 0.1) is 49.4 Å². The number of nitrogens with zero attached hydrogens (tertiary/aromatic N) is 5. The van der Waals surface area contributed by atoms with Crippen molar-refractivity contribution >= 4 is 47.0 Å². The molecule has 1 aliphatic heterocycles. The molecule has 6 aromatic rings. The van der Waals surface area contributed by atoms with Crippen LogP contribution in [0.15, 0.2) is 114 Å². The summed E-state index contributed by atoms with van der Waals surface area (Å²) >= 11 is 13.2. The van der Waals surface area contributed by atoms with Gasteiger partial charge < -0.3 is 18.9 Å². The first-order valence-electron chi connectivity index (χ1n) is 17.9. The predicted octanol–water partition coefficient (Wildman–Crippen LogP) is 9.70. The highest BCUT2D eigenvalue weighted by atomic mass is 35.5. The number of carbonyl (C=O) groups excluding carboxylic acids is 1. The number of aliphatic imine (C=N–C) groups is 1. The molecule has 0 atom stereocenters. The average Bonchev–Trinajstić information content (AvgIpc) is 3.57. The second-order valence-electron chi connectivity index (χ2n) is 12.7. The number of hydrogen-bond acceptors (Lipinski definition) is 9. The SMILES string of the molecule is CCc1ccc(CCOc2ccc(-c3cc(-c4c(Cl)ccc(F)c4Cl)nc(N4C(=O)/C(=C/c5cc(OC)c(OC)c(OC)c5)N=C4c4ccccc4)n3)cc2)nc1. The van der Waals surface area contributed by atoms with E-state index in [2.05, 4.69) is 18.0 Å². The summed E-state index contributed by atoms with van der Waals surface area (Å²) in [6.45, 7) is 2.52. The minimum Gasteiger partial charge on any atom is -0.493 e. The van der Waals surface area contributed by atoms with Gasteiger partial charge in [-0.1, -0.05) is 66.5 Å². The zero-order valence-electron chi connectivity index (χ0n) is 31.4. The maximum Gasteiger partial charge on any atom is 0.285 e. The molecule has 13 heteroatoms. The number of methoxy groups -OCH3 is 3. The normalized spacial score (nSPS) is 13.2. The van der Waals surface area contributed by atoms with Crippen molar-refractivity contribution < 1.29 is 28.1 Å². The van der Waals surface area contributed by atoms with Gasteiger partial charge in [0, 0.05) is 35.0 Å². The highest BCUT2D eigenvalue weighted by Gasteiger charge is 2.35. The van der Waals surface area contributed by atoms with Crippen molar-refractivity contribution in [3.8, 4) is 45.5 Å². The Kier molecular flexibility index (Phi) is 11.8. The monoisotopic (exact) mass is 803 g/mol. The Balaban J connectivity index is 1.30. The summed E-state index contributed by atoms with van der Waals surface area (Å²) in [7, 11) is 4.52. The van der Waals surface area contributed by atoms with Crippen LogP contribution in [0.4, 0.5) is 10.3 Å². The number of carbonyl (C=O) groups is 1. The van der Waals surface area contributed by atoms with Gasteiger partial charge in [0.2, 0.25) is 11.7 Å². The number of pyridine rings is 1. The Morgan fingerprint density at radius 2 is 1.53 bits per heavy atom. The number of amidine groups is 1. The van der Waals surface area contributed by atoms with Gasteiger partial charge in [-0.2, -0.15) is 0 Å². The molecule has 0 N–H and O–H groups in total. The van der Waals surface area contributed by atoms with Crippen molar-refractivity contribution in [3.05, 3.63) is 147 Å². The highest BCUT2D eigenvalue weighted by Crippen LogP contribution is 2.41. The first-order chi connectivity index (χ1) is 27.7. The quantitative estimate of drug-likeness (QED) is 0.0839. The fourth-order valence-electron chi connectivity index (χ4n) is 6.21. The van der Waals surface area contributed by atoms with Gasteiger partial charge in [-0.3, -0.25) is 9.78 Å². The van der Waals surface area contributed by atoms with E-state index in [-0.39, 0.29) is 38.8 Å². The van der Waals surface area contributed by atoms with E-state index in [0.717, 1.165) is 12.1 Å². The molecule has 0 saturated heterocycles. The van der Waals surface area contributed by atoms with E-state index >= 15 is 0 Å². The first-order valence-corrected chi connectivity index (χ1v) is 18.7. The summed E-state index contributed by atoms with van der Waals surface area (Å²) in [6, 6.07) is 28.2. The van der Waals surface area contributed by atoms with Crippen LogP contribution in [0.3, 0.4) is 0 Å². The Hall–Kier alpha value is -6.30. The van der Waals surface area contributed by atoms with Crippen LogP contribution >= 0.6 is 23.2 Å². The van der Waals surface area contributed by atoms with Crippen LogP contribution in [0.1, 0.15) is 29.3 Å². The average molecular weight is 805 g/mol. The third kappa shape index (κ3) is 8.30. The lowest BCUT2D eigenvalue weighted by Crippen LogP contribution is -2.34. The zero-order valence-corrected chi connectivity index (χ0v) is 32.9. The van der Waals surface area contributed by atoms with Gasteiger partial charge in [-0.15, -0.1) is 0 Å². The molecule has 57 heavy (non-hydrogen) atoms. The number of amides is 1. The van der Waals surface area contributed by atoms with E-state index in [1.165, 1.54) is 43.9 Å². The van der Waals surface area contributed by atoms with Gasteiger partial charge in [0.25, 0.3) is 5.91 Å². The first kappa shape index (κ1) is 39.0. The summed E-state index contributed by atoms with van der Waals surface area (Å²) in [5, 5.41) is -0.0689. The molecule has 0 spiro atoms. The minimum absolute atomic E-state index is 0.0401.